The first-order chi connectivity index (χ1) is 13.7. The number of rotatable bonds is 6. The van der Waals surface area contributed by atoms with Crippen molar-refractivity contribution in [1.29, 1.82) is 0 Å². The molecular weight excluding hydrogens is 405 g/mol. The summed E-state index contributed by atoms with van der Waals surface area (Å²) < 4.78 is 20.6. The van der Waals surface area contributed by atoms with Gasteiger partial charge in [-0.25, -0.2) is 4.39 Å². The summed E-state index contributed by atoms with van der Waals surface area (Å²) in [6, 6.07) is 8.28. The third kappa shape index (κ3) is 3.93. The maximum Gasteiger partial charge on any atom is 0.303 e. The summed E-state index contributed by atoms with van der Waals surface area (Å²) >= 11 is 5.95. The molecule has 0 bridgehead atoms. The van der Waals surface area contributed by atoms with Crippen LogP contribution in [0, 0.1) is 5.82 Å². The predicted molar refractivity (Wildman–Crippen MR) is 104 cm³/mol. The first-order valence-electron chi connectivity index (χ1n) is 8.43. The summed E-state index contributed by atoms with van der Waals surface area (Å²) in [6.07, 6.45) is -0.883. The molecule has 0 spiro atoms. The highest BCUT2D eigenvalue weighted by molar-refractivity contribution is 6.32. The summed E-state index contributed by atoms with van der Waals surface area (Å²) in [6.45, 7) is 0. The summed E-state index contributed by atoms with van der Waals surface area (Å²) in [5.41, 5.74) is -1.04. The normalized spacial score (nSPS) is 10.9. The van der Waals surface area contributed by atoms with Crippen LogP contribution in [0.2, 0.25) is 5.02 Å². The Hall–Kier alpha value is -3.39. The number of hydrogen-bond acceptors (Lipinski definition) is 5. The van der Waals surface area contributed by atoms with E-state index in [1.807, 2.05) is 0 Å². The summed E-state index contributed by atoms with van der Waals surface area (Å²) in [4.78, 5) is 35.5. The van der Waals surface area contributed by atoms with Gasteiger partial charge in [0, 0.05) is 24.9 Å². The summed E-state index contributed by atoms with van der Waals surface area (Å²) in [5.74, 6) is -3.22. The van der Waals surface area contributed by atoms with Gasteiger partial charge in [-0.2, -0.15) is 0 Å². The lowest BCUT2D eigenvalue weighted by Crippen LogP contribution is -2.25. The summed E-state index contributed by atoms with van der Waals surface area (Å²) in [5, 5.41) is 19.4. The van der Waals surface area contributed by atoms with Crippen molar-refractivity contribution < 1.29 is 28.9 Å². The topological polar surface area (TPSA) is 106 Å². The van der Waals surface area contributed by atoms with Crippen molar-refractivity contribution in [3.8, 4) is 17.2 Å². The number of nitrogens with zero attached hydrogens (tertiary/aromatic N) is 1. The zero-order valence-electron chi connectivity index (χ0n) is 15.1. The molecule has 2 aromatic carbocycles. The quantitative estimate of drug-likeness (QED) is 0.587. The van der Waals surface area contributed by atoms with Crippen molar-refractivity contribution in [2.24, 2.45) is 7.05 Å². The molecule has 0 aliphatic carbocycles. The molecule has 7 nitrogen and oxygen atoms in total. The third-order valence-electron chi connectivity index (χ3n) is 4.32. The van der Waals surface area contributed by atoms with E-state index in [1.165, 1.54) is 43.4 Å². The first-order valence-corrected chi connectivity index (χ1v) is 8.81. The van der Waals surface area contributed by atoms with E-state index < -0.39 is 47.3 Å². The van der Waals surface area contributed by atoms with Crippen molar-refractivity contribution in [3.05, 3.63) is 63.2 Å². The number of carboxylic acids is 1. The van der Waals surface area contributed by atoms with Gasteiger partial charge in [-0.1, -0.05) is 17.7 Å². The van der Waals surface area contributed by atoms with Gasteiger partial charge in [0.15, 0.2) is 17.3 Å². The molecule has 0 saturated carbocycles. The molecule has 1 heterocycles. The van der Waals surface area contributed by atoms with Crippen LogP contribution in [0.4, 0.5) is 4.39 Å². The third-order valence-corrected chi connectivity index (χ3v) is 4.62. The molecule has 0 radical (unpaired) electrons. The van der Waals surface area contributed by atoms with Gasteiger partial charge in [0.25, 0.3) is 5.56 Å². The minimum atomic E-state index is -1.19. The fraction of sp³-hybridized carbons (Fsp3) is 0.150. The standard InChI is InChI=1S/C20H15ClFNO6/c1-23-14-9-10(29-19-12(21)3-2-4-13(19)22)5-6-11(14)18(27)17(20(23)28)15(24)7-8-16(25)26/h2-6,9,27H,7-8H2,1H3,(H,25,26). The fourth-order valence-corrected chi connectivity index (χ4v) is 3.06. The molecule has 0 fully saturated rings. The van der Waals surface area contributed by atoms with Gasteiger partial charge < -0.3 is 19.5 Å². The van der Waals surface area contributed by atoms with Gasteiger partial charge in [0.1, 0.15) is 17.1 Å². The second-order valence-electron chi connectivity index (χ2n) is 6.24. The van der Waals surface area contributed by atoms with E-state index in [0.29, 0.717) is 0 Å². The molecule has 0 aliphatic rings. The van der Waals surface area contributed by atoms with E-state index in [4.69, 9.17) is 21.4 Å². The number of ketones is 1. The number of aromatic hydroxyl groups is 1. The average molecular weight is 420 g/mol. The zero-order chi connectivity index (χ0) is 21.3. The Bertz CT molecular complexity index is 1180. The Kier molecular flexibility index (Phi) is 5.56. The van der Waals surface area contributed by atoms with E-state index in [1.54, 1.807) is 0 Å². The molecule has 1 aromatic heterocycles. The van der Waals surface area contributed by atoms with Crippen molar-refractivity contribution in [3.63, 3.8) is 0 Å². The van der Waals surface area contributed by atoms with Gasteiger partial charge >= 0.3 is 5.97 Å². The van der Waals surface area contributed by atoms with Crippen LogP contribution < -0.4 is 10.3 Å². The van der Waals surface area contributed by atoms with Crippen molar-refractivity contribution >= 4 is 34.3 Å². The number of pyridine rings is 1. The number of aryl methyl sites for hydroxylation is 1. The van der Waals surface area contributed by atoms with Crippen LogP contribution in [-0.4, -0.2) is 26.5 Å². The Morgan fingerprint density at radius 1 is 1.21 bits per heavy atom. The number of aromatic nitrogens is 1. The second kappa shape index (κ2) is 7.92. The fourth-order valence-electron chi connectivity index (χ4n) is 2.86. The highest BCUT2D eigenvalue weighted by Crippen LogP contribution is 2.35. The number of para-hydroxylation sites is 1. The number of fused-ring (bicyclic) bond motifs is 1. The molecule has 0 amide bonds. The Labute approximate surface area is 168 Å². The van der Waals surface area contributed by atoms with Crippen LogP contribution in [0.5, 0.6) is 17.2 Å². The molecule has 3 aromatic rings. The zero-order valence-corrected chi connectivity index (χ0v) is 15.9. The minimum Gasteiger partial charge on any atom is -0.506 e. The molecule has 0 atom stereocenters. The first kappa shape index (κ1) is 20.3. The molecule has 0 aliphatic heterocycles. The van der Waals surface area contributed by atoms with Crippen LogP contribution in [0.25, 0.3) is 10.9 Å². The SMILES string of the molecule is Cn1c(=O)c(C(=O)CCC(=O)O)c(O)c2ccc(Oc3c(F)cccc3Cl)cc21. The van der Waals surface area contributed by atoms with Crippen molar-refractivity contribution in [2.75, 3.05) is 0 Å². The molecule has 0 unspecified atom stereocenters. The van der Waals surface area contributed by atoms with Gasteiger partial charge in [-0.15, -0.1) is 0 Å². The summed E-state index contributed by atoms with van der Waals surface area (Å²) in [7, 11) is 1.39. The van der Waals surface area contributed by atoms with E-state index in [-0.39, 0.29) is 27.4 Å². The molecule has 2 N–H and O–H groups in total. The second-order valence-corrected chi connectivity index (χ2v) is 6.64. The lowest BCUT2D eigenvalue weighted by Gasteiger charge is -2.13. The lowest BCUT2D eigenvalue weighted by atomic mass is 10.0. The number of halogens is 2. The molecule has 3 rings (SSSR count). The van der Waals surface area contributed by atoms with E-state index in [9.17, 15) is 23.9 Å². The molecule has 9 heteroatoms. The number of Topliss-reactive ketones (excluding diaryl/α,β-unsaturated/α-hetero) is 1. The monoisotopic (exact) mass is 419 g/mol. The molecule has 150 valence electrons. The van der Waals surface area contributed by atoms with Crippen molar-refractivity contribution in [1.82, 2.24) is 4.57 Å². The van der Waals surface area contributed by atoms with Gasteiger partial charge in [-0.3, -0.25) is 14.4 Å². The number of carbonyl (C=O) groups excluding carboxylic acids is 1. The van der Waals surface area contributed by atoms with E-state index in [2.05, 4.69) is 0 Å². The van der Waals surface area contributed by atoms with Crippen molar-refractivity contribution in [2.45, 2.75) is 12.8 Å². The highest BCUT2D eigenvalue weighted by Gasteiger charge is 2.22. The number of hydrogen-bond donors (Lipinski definition) is 2. The Balaban J connectivity index is 2.08. The maximum absolute atomic E-state index is 13.9. The maximum atomic E-state index is 13.9. The number of aliphatic carboxylic acids is 1. The van der Waals surface area contributed by atoms with Crippen LogP contribution in [-0.2, 0) is 11.8 Å². The van der Waals surface area contributed by atoms with E-state index in [0.717, 1.165) is 4.57 Å². The van der Waals surface area contributed by atoms with Crippen LogP contribution in [0.15, 0.2) is 41.2 Å². The van der Waals surface area contributed by atoms with E-state index >= 15 is 0 Å². The minimum absolute atomic E-state index is 0.0567. The lowest BCUT2D eigenvalue weighted by molar-refractivity contribution is -0.136. The smallest absolute Gasteiger partial charge is 0.303 e. The van der Waals surface area contributed by atoms with Gasteiger partial charge in [0.2, 0.25) is 0 Å². The number of ether oxygens (including phenoxy) is 1. The largest absolute Gasteiger partial charge is 0.506 e. The predicted octanol–water partition coefficient (Wildman–Crippen LogP) is 3.88. The molecule has 0 saturated heterocycles. The number of benzene rings is 2. The molecular formula is C20H15ClFNO6. The van der Waals surface area contributed by atoms with Gasteiger partial charge in [-0.05, 0) is 24.3 Å². The average Bonchev–Trinajstić information content (AvgIpc) is 2.67. The Morgan fingerprint density at radius 2 is 1.93 bits per heavy atom. The van der Waals surface area contributed by atoms with Crippen LogP contribution in [0.1, 0.15) is 23.2 Å². The number of carbonyl (C=O) groups is 2. The Morgan fingerprint density at radius 3 is 2.59 bits per heavy atom. The molecule has 29 heavy (non-hydrogen) atoms. The van der Waals surface area contributed by atoms with Crippen LogP contribution in [0.3, 0.4) is 0 Å². The number of carboxylic acid groups (broad SMARTS) is 1. The highest BCUT2D eigenvalue weighted by atomic mass is 35.5. The van der Waals surface area contributed by atoms with Crippen LogP contribution >= 0.6 is 11.6 Å². The van der Waals surface area contributed by atoms with Gasteiger partial charge in [0.05, 0.1) is 17.0 Å².